The predicted octanol–water partition coefficient (Wildman–Crippen LogP) is 5.02. The molecule has 10 heteroatoms. The van der Waals surface area contributed by atoms with Gasteiger partial charge >= 0.3 is 5.97 Å². The average molecular weight is 560 g/mol. The number of ether oxygens (including phenoxy) is 1. The lowest BCUT2D eigenvalue weighted by molar-refractivity contribution is -0.142. The van der Waals surface area contributed by atoms with Gasteiger partial charge < -0.3 is 9.84 Å². The van der Waals surface area contributed by atoms with Gasteiger partial charge in [0, 0.05) is 37.9 Å². The van der Waals surface area contributed by atoms with Gasteiger partial charge in [0.25, 0.3) is 0 Å². The van der Waals surface area contributed by atoms with Crippen LogP contribution in [0.2, 0.25) is 0 Å². The van der Waals surface area contributed by atoms with E-state index in [0.717, 1.165) is 23.0 Å². The number of hydrogen-bond acceptors (Lipinski definition) is 7. The van der Waals surface area contributed by atoms with Gasteiger partial charge in [-0.2, -0.15) is 4.31 Å². The molecule has 206 valence electrons. The third-order valence-corrected chi connectivity index (χ3v) is 8.78. The first-order valence-electron chi connectivity index (χ1n) is 12.8. The molecule has 1 N–H and O–H groups in total. The first kappa shape index (κ1) is 27.3. The van der Waals surface area contributed by atoms with Crippen molar-refractivity contribution in [1.29, 1.82) is 0 Å². The smallest absolute Gasteiger partial charge is 0.302 e. The lowest BCUT2D eigenvalue weighted by Crippen LogP contribution is -2.28. The molecule has 1 fully saturated rings. The second kappa shape index (κ2) is 10.7. The van der Waals surface area contributed by atoms with E-state index < -0.39 is 15.9 Å². The summed E-state index contributed by atoms with van der Waals surface area (Å²) in [4.78, 5) is 28.7. The highest BCUT2D eigenvalue weighted by Crippen LogP contribution is 2.37. The Balaban J connectivity index is 1.71. The van der Waals surface area contributed by atoms with E-state index in [1.807, 2.05) is 30.3 Å². The molecule has 0 aliphatic heterocycles. The molecule has 0 saturated heterocycles. The summed E-state index contributed by atoms with van der Waals surface area (Å²) < 4.78 is 34.3. The Morgan fingerprint density at radius 1 is 1.02 bits per heavy atom. The molecule has 0 amide bonds. The van der Waals surface area contributed by atoms with Crippen molar-refractivity contribution >= 4 is 44.2 Å². The molecule has 1 heterocycles. The average Bonchev–Trinajstić information content (AvgIpc) is 3.74. The molecule has 0 bridgehead atoms. The highest BCUT2D eigenvalue weighted by Gasteiger charge is 2.35. The number of aromatic nitrogens is 1. The van der Waals surface area contributed by atoms with E-state index in [-0.39, 0.29) is 35.0 Å². The molecule has 1 saturated carbocycles. The van der Waals surface area contributed by atoms with Gasteiger partial charge in [-0.15, -0.1) is 0 Å². The van der Waals surface area contributed by atoms with Gasteiger partial charge in [-0.25, -0.2) is 13.4 Å². The maximum Gasteiger partial charge on any atom is 0.302 e. The third-order valence-electron chi connectivity index (χ3n) is 6.87. The summed E-state index contributed by atoms with van der Waals surface area (Å²) in [6, 6.07) is 20.7. The summed E-state index contributed by atoms with van der Waals surface area (Å²) in [5.74, 6) is -1.14. The fourth-order valence-corrected chi connectivity index (χ4v) is 6.05. The first-order valence-corrected chi connectivity index (χ1v) is 14.2. The fraction of sp³-hybridized carbons (Fsp3) is 0.233. The number of fused-ring (bicyclic) bond motifs is 1. The number of aliphatic imine (C=N–C) groups is 1. The number of nitrogens with zero attached hydrogens (tertiary/aromatic N) is 3. The number of hydrogen-bond donors (Lipinski definition) is 1. The van der Waals surface area contributed by atoms with Crippen LogP contribution in [-0.2, 0) is 26.2 Å². The van der Waals surface area contributed by atoms with E-state index in [2.05, 4.69) is 0 Å². The van der Waals surface area contributed by atoms with Crippen LogP contribution in [0.25, 0.3) is 10.9 Å². The van der Waals surface area contributed by atoms with Gasteiger partial charge in [-0.3, -0.25) is 14.2 Å². The Morgan fingerprint density at radius 2 is 1.70 bits per heavy atom. The first-order chi connectivity index (χ1) is 19.1. The number of aromatic hydroxyl groups is 1. The Bertz CT molecular complexity index is 1740. The van der Waals surface area contributed by atoms with Crippen LogP contribution < -0.4 is 0 Å². The van der Waals surface area contributed by atoms with Crippen LogP contribution in [0, 0.1) is 0 Å². The number of carbonyl (C=O) groups excluding carboxylic acids is 2. The minimum absolute atomic E-state index is 0.0272. The Kier molecular flexibility index (Phi) is 7.31. The van der Waals surface area contributed by atoms with Crippen LogP contribution in [0.4, 0.5) is 5.69 Å². The van der Waals surface area contributed by atoms with Gasteiger partial charge in [0.05, 0.1) is 27.4 Å². The third kappa shape index (κ3) is 5.28. The van der Waals surface area contributed by atoms with Crippen molar-refractivity contribution in [2.45, 2.75) is 44.2 Å². The number of sulfonamides is 1. The van der Waals surface area contributed by atoms with Gasteiger partial charge in [0.1, 0.15) is 6.61 Å². The molecular formula is C30H29N3O6S. The summed E-state index contributed by atoms with van der Waals surface area (Å²) in [6.07, 6.45) is 1.63. The van der Waals surface area contributed by atoms with Gasteiger partial charge in [0.2, 0.25) is 21.8 Å². The fourth-order valence-electron chi connectivity index (χ4n) is 4.61. The highest BCUT2D eigenvalue weighted by atomic mass is 32.2. The van der Waals surface area contributed by atoms with Gasteiger partial charge in [0.15, 0.2) is 0 Å². The Labute approximate surface area is 232 Å². The van der Waals surface area contributed by atoms with E-state index >= 15 is 0 Å². The summed E-state index contributed by atoms with van der Waals surface area (Å²) in [5.41, 5.74) is 2.96. The predicted molar refractivity (Wildman–Crippen MR) is 152 cm³/mol. The molecule has 3 aromatic carbocycles. The summed E-state index contributed by atoms with van der Waals surface area (Å²) >= 11 is 0. The molecule has 0 spiro atoms. The number of benzene rings is 3. The number of rotatable bonds is 8. The lowest BCUT2D eigenvalue weighted by Gasteiger charge is -2.16. The van der Waals surface area contributed by atoms with Gasteiger partial charge in [-0.1, -0.05) is 42.5 Å². The van der Waals surface area contributed by atoms with Crippen molar-refractivity contribution in [2.75, 3.05) is 7.05 Å². The normalized spacial score (nSPS) is 14.1. The van der Waals surface area contributed by atoms with E-state index in [4.69, 9.17) is 9.73 Å². The standard InChI is InChI=1S/C30H29N3O6S/c1-19(34)33-27-16-15-25(40(37,38)32(3)24-13-14-24)17-26(27)28(30(33)36)29(22-7-5-4-6-8-22)31-23-11-9-21(10-12-23)18-39-20(2)35/h4-12,15-17,24,36H,13-14,18H2,1-3H3. The van der Waals surface area contributed by atoms with Crippen molar-refractivity contribution in [3.8, 4) is 5.88 Å². The maximum absolute atomic E-state index is 13.4. The van der Waals surface area contributed by atoms with Crippen molar-refractivity contribution in [1.82, 2.24) is 8.87 Å². The van der Waals surface area contributed by atoms with Crippen LogP contribution in [0.5, 0.6) is 5.88 Å². The molecule has 40 heavy (non-hydrogen) atoms. The second-order valence-corrected chi connectivity index (χ2v) is 11.8. The van der Waals surface area contributed by atoms with E-state index in [1.165, 1.54) is 30.3 Å². The summed E-state index contributed by atoms with van der Waals surface area (Å²) in [5, 5.41) is 11.8. The topological polar surface area (TPSA) is 118 Å². The van der Waals surface area contributed by atoms with Crippen LogP contribution in [0.3, 0.4) is 0 Å². The maximum atomic E-state index is 13.4. The monoisotopic (exact) mass is 559 g/mol. The van der Waals surface area contributed by atoms with Crippen LogP contribution >= 0.6 is 0 Å². The number of esters is 1. The van der Waals surface area contributed by atoms with Crippen LogP contribution in [0.1, 0.15) is 48.2 Å². The van der Waals surface area contributed by atoms with Crippen molar-refractivity contribution in [3.63, 3.8) is 0 Å². The van der Waals surface area contributed by atoms with E-state index in [1.54, 1.807) is 37.4 Å². The summed E-state index contributed by atoms with van der Waals surface area (Å²) in [6.45, 7) is 2.80. The second-order valence-electron chi connectivity index (χ2n) is 9.76. The molecule has 1 aliphatic carbocycles. The SMILES string of the molecule is CC(=O)OCc1ccc(N=C(c2ccccc2)c2c(O)n(C(C)=O)c3ccc(S(=O)(=O)N(C)C4CC4)cc23)cc1. The van der Waals surface area contributed by atoms with E-state index in [0.29, 0.717) is 27.9 Å². The highest BCUT2D eigenvalue weighted by molar-refractivity contribution is 7.89. The zero-order valence-electron chi connectivity index (χ0n) is 22.4. The summed E-state index contributed by atoms with van der Waals surface area (Å²) in [7, 11) is -2.22. The van der Waals surface area contributed by atoms with Crippen molar-refractivity contribution < 1.29 is 27.9 Å². The minimum atomic E-state index is -3.79. The Hall–Kier alpha value is -4.28. The molecule has 5 rings (SSSR count). The molecule has 1 aliphatic rings. The zero-order chi connectivity index (χ0) is 28.6. The molecular weight excluding hydrogens is 530 g/mol. The minimum Gasteiger partial charge on any atom is -0.494 e. The Morgan fingerprint density at radius 3 is 2.30 bits per heavy atom. The number of carbonyl (C=O) groups is 2. The van der Waals surface area contributed by atoms with Crippen LogP contribution in [0.15, 0.2) is 82.7 Å². The van der Waals surface area contributed by atoms with E-state index in [9.17, 15) is 23.1 Å². The van der Waals surface area contributed by atoms with Crippen molar-refractivity contribution in [2.24, 2.45) is 4.99 Å². The quantitative estimate of drug-likeness (QED) is 0.239. The molecule has 0 atom stereocenters. The zero-order valence-corrected chi connectivity index (χ0v) is 23.2. The largest absolute Gasteiger partial charge is 0.494 e. The van der Waals surface area contributed by atoms with Gasteiger partial charge in [-0.05, 0) is 48.7 Å². The molecule has 0 unspecified atom stereocenters. The molecule has 9 nitrogen and oxygen atoms in total. The van der Waals surface area contributed by atoms with Crippen LogP contribution in [-0.4, -0.2) is 53.1 Å². The molecule has 4 aromatic rings. The lowest BCUT2D eigenvalue weighted by atomic mass is 10.0. The van der Waals surface area contributed by atoms with Crippen molar-refractivity contribution in [3.05, 3.63) is 89.5 Å². The molecule has 1 aromatic heterocycles. The molecule has 0 radical (unpaired) electrons.